The average Bonchev–Trinajstić information content (AvgIpc) is 3.15. The zero-order valence-electron chi connectivity index (χ0n) is 17.7. The first-order valence-corrected chi connectivity index (χ1v) is 10.1. The Hall–Kier alpha value is -1.57. The zero-order valence-corrected chi connectivity index (χ0v) is 17.7. The molecular weight excluding hydrogens is 342 g/mol. The first kappa shape index (κ1) is 20.2. The van der Waals surface area contributed by atoms with Crippen molar-refractivity contribution < 1.29 is 19.1 Å². The largest absolute Gasteiger partial charge is 0.458 e. The molecule has 0 aromatic heterocycles. The van der Waals surface area contributed by atoms with Crippen molar-refractivity contribution in [1.82, 2.24) is 0 Å². The van der Waals surface area contributed by atoms with Gasteiger partial charge in [-0.1, -0.05) is 48.0 Å². The van der Waals surface area contributed by atoms with E-state index in [0.29, 0.717) is 6.42 Å². The second kappa shape index (κ2) is 5.96. The molecule has 3 fully saturated rings. The minimum absolute atomic E-state index is 0.0194. The normalized spacial score (nSPS) is 36.9. The van der Waals surface area contributed by atoms with Gasteiger partial charge in [0.05, 0.1) is 11.5 Å². The number of carbonyl (C=O) groups excluding carboxylic acids is 2. The van der Waals surface area contributed by atoms with Crippen LogP contribution in [0.15, 0.2) is 0 Å². The SMILES string of the molecule is CCC(C)(C)CC(C)(C(=O)OC1C2CC3C1OC(=O)C3(C#N)C2)C(C)(C)C. The monoisotopic (exact) mass is 375 g/mol. The van der Waals surface area contributed by atoms with Crippen molar-refractivity contribution in [2.75, 3.05) is 0 Å². The molecule has 27 heavy (non-hydrogen) atoms. The minimum atomic E-state index is -1.00. The number of carbonyl (C=O) groups is 2. The Labute approximate surface area is 162 Å². The Morgan fingerprint density at radius 1 is 1.30 bits per heavy atom. The fourth-order valence-corrected chi connectivity index (χ4v) is 5.27. The van der Waals surface area contributed by atoms with Gasteiger partial charge in [0.15, 0.2) is 5.41 Å². The van der Waals surface area contributed by atoms with Gasteiger partial charge in [0.25, 0.3) is 0 Å². The van der Waals surface area contributed by atoms with Crippen molar-refractivity contribution in [3.63, 3.8) is 0 Å². The number of hydrogen-bond donors (Lipinski definition) is 0. The number of ether oxygens (including phenoxy) is 2. The molecule has 150 valence electrons. The van der Waals surface area contributed by atoms with E-state index in [1.165, 1.54) is 0 Å². The second-order valence-electron chi connectivity index (χ2n) is 10.9. The highest BCUT2D eigenvalue weighted by atomic mass is 16.6. The molecule has 1 saturated heterocycles. The van der Waals surface area contributed by atoms with Crippen LogP contribution in [0.3, 0.4) is 0 Å². The Bertz CT molecular complexity index is 700. The summed E-state index contributed by atoms with van der Waals surface area (Å²) in [7, 11) is 0. The molecule has 2 bridgehead atoms. The van der Waals surface area contributed by atoms with Gasteiger partial charge in [0.1, 0.15) is 12.2 Å². The van der Waals surface area contributed by atoms with Gasteiger partial charge < -0.3 is 9.47 Å². The lowest BCUT2D eigenvalue weighted by atomic mass is 9.60. The van der Waals surface area contributed by atoms with Gasteiger partial charge in [-0.2, -0.15) is 5.26 Å². The summed E-state index contributed by atoms with van der Waals surface area (Å²) in [6.07, 6.45) is 2.02. The summed E-state index contributed by atoms with van der Waals surface area (Å²) >= 11 is 0. The fourth-order valence-electron chi connectivity index (χ4n) is 5.27. The second-order valence-corrected chi connectivity index (χ2v) is 10.9. The summed E-state index contributed by atoms with van der Waals surface area (Å²) in [5, 5.41) is 9.54. The van der Waals surface area contributed by atoms with E-state index in [2.05, 4.69) is 47.6 Å². The molecule has 0 aromatic rings. The van der Waals surface area contributed by atoms with E-state index < -0.39 is 29.0 Å². The van der Waals surface area contributed by atoms with Crippen LogP contribution in [-0.4, -0.2) is 24.1 Å². The molecule has 0 radical (unpaired) electrons. The lowest BCUT2D eigenvalue weighted by Crippen LogP contribution is -2.48. The fraction of sp³-hybridized carbons (Fsp3) is 0.864. The van der Waals surface area contributed by atoms with E-state index in [4.69, 9.17) is 9.47 Å². The summed E-state index contributed by atoms with van der Waals surface area (Å²) in [5.41, 5.74) is -1.90. The molecule has 1 heterocycles. The van der Waals surface area contributed by atoms with E-state index in [9.17, 15) is 14.9 Å². The third-order valence-corrected chi connectivity index (χ3v) is 7.90. The van der Waals surface area contributed by atoms with Crippen molar-refractivity contribution in [2.45, 2.75) is 86.4 Å². The Balaban J connectivity index is 1.83. The number of nitrogens with zero attached hydrogens (tertiary/aromatic N) is 1. The summed E-state index contributed by atoms with van der Waals surface area (Å²) in [6, 6.07) is 2.20. The van der Waals surface area contributed by atoms with Crippen LogP contribution in [0.1, 0.15) is 74.1 Å². The maximum Gasteiger partial charge on any atom is 0.327 e. The predicted octanol–water partition coefficient (Wildman–Crippen LogP) is 4.25. The summed E-state index contributed by atoms with van der Waals surface area (Å²) in [5.74, 6) is -0.726. The van der Waals surface area contributed by atoms with Crippen molar-refractivity contribution >= 4 is 11.9 Å². The van der Waals surface area contributed by atoms with Gasteiger partial charge in [-0.25, -0.2) is 0 Å². The summed E-state index contributed by atoms with van der Waals surface area (Å²) < 4.78 is 11.6. The molecule has 1 aliphatic heterocycles. The van der Waals surface area contributed by atoms with E-state index in [-0.39, 0.29) is 28.6 Å². The molecule has 6 atom stereocenters. The third-order valence-electron chi connectivity index (χ3n) is 7.90. The van der Waals surface area contributed by atoms with Crippen molar-refractivity contribution in [3.8, 4) is 6.07 Å². The molecule has 3 rings (SSSR count). The Kier molecular flexibility index (Phi) is 4.45. The van der Waals surface area contributed by atoms with E-state index >= 15 is 0 Å². The smallest absolute Gasteiger partial charge is 0.327 e. The molecule has 3 aliphatic rings. The molecular formula is C22H33NO4. The van der Waals surface area contributed by atoms with Crippen LogP contribution >= 0.6 is 0 Å². The molecule has 2 saturated carbocycles. The van der Waals surface area contributed by atoms with Crippen molar-refractivity contribution in [3.05, 3.63) is 0 Å². The van der Waals surface area contributed by atoms with Crippen LogP contribution in [0.2, 0.25) is 0 Å². The van der Waals surface area contributed by atoms with Gasteiger partial charge in [0, 0.05) is 11.8 Å². The number of nitriles is 1. The first-order chi connectivity index (χ1) is 12.3. The standard InChI is InChI=1S/C22H33NO4/c1-8-20(5,6)11-21(7,19(2,3)4)17(24)26-15-13-9-14-16(15)27-18(25)22(14,10-13)12-23/h13-16H,8-11H2,1-7H3. The molecule has 0 aromatic carbocycles. The maximum absolute atomic E-state index is 13.4. The molecule has 0 spiro atoms. The van der Waals surface area contributed by atoms with Gasteiger partial charge >= 0.3 is 11.9 Å². The first-order valence-electron chi connectivity index (χ1n) is 10.1. The van der Waals surface area contributed by atoms with Gasteiger partial charge in [-0.05, 0) is 37.0 Å². The Morgan fingerprint density at radius 2 is 1.93 bits per heavy atom. The zero-order chi connectivity index (χ0) is 20.4. The number of rotatable bonds is 5. The highest BCUT2D eigenvalue weighted by molar-refractivity contribution is 5.85. The minimum Gasteiger partial charge on any atom is -0.458 e. The average molecular weight is 376 g/mol. The highest BCUT2D eigenvalue weighted by Crippen LogP contribution is 2.62. The third kappa shape index (κ3) is 2.79. The van der Waals surface area contributed by atoms with E-state index in [1.54, 1.807) is 0 Å². The van der Waals surface area contributed by atoms with Crippen LogP contribution in [0.4, 0.5) is 0 Å². The summed E-state index contributed by atoms with van der Waals surface area (Å²) in [6.45, 7) is 14.7. The van der Waals surface area contributed by atoms with Gasteiger partial charge in [-0.3, -0.25) is 9.59 Å². The number of esters is 2. The number of hydrogen-bond acceptors (Lipinski definition) is 5. The van der Waals surface area contributed by atoms with Crippen LogP contribution in [-0.2, 0) is 19.1 Å². The number of fused-ring (bicyclic) bond motifs is 1. The van der Waals surface area contributed by atoms with Crippen LogP contribution in [0.5, 0.6) is 0 Å². The van der Waals surface area contributed by atoms with E-state index in [1.807, 2.05) is 6.92 Å². The van der Waals surface area contributed by atoms with Crippen molar-refractivity contribution in [2.24, 2.45) is 33.5 Å². The molecule has 2 aliphatic carbocycles. The molecule has 6 unspecified atom stereocenters. The quantitative estimate of drug-likeness (QED) is 0.671. The van der Waals surface area contributed by atoms with Crippen LogP contribution < -0.4 is 0 Å². The van der Waals surface area contributed by atoms with Crippen LogP contribution in [0.25, 0.3) is 0 Å². The molecule has 5 heteroatoms. The van der Waals surface area contributed by atoms with Gasteiger partial charge in [-0.15, -0.1) is 0 Å². The lowest BCUT2D eigenvalue weighted by molar-refractivity contribution is -0.180. The topological polar surface area (TPSA) is 76.4 Å². The van der Waals surface area contributed by atoms with Crippen LogP contribution in [0, 0.1) is 44.8 Å². The highest BCUT2D eigenvalue weighted by Gasteiger charge is 2.72. The maximum atomic E-state index is 13.4. The molecule has 0 amide bonds. The van der Waals surface area contributed by atoms with Gasteiger partial charge in [0.2, 0.25) is 0 Å². The molecule has 5 nitrogen and oxygen atoms in total. The lowest BCUT2D eigenvalue weighted by Gasteiger charge is -2.45. The van der Waals surface area contributed by atoms with Crippen molar-refractivity contribution in [1.29, 1.82) is 5.26 Å². The predicted molar refractivity (Wildman–Crippen MR) is 100 cm³/mol. The Morgan fingerprint density at radius 3 is 2.44 bits per heavy atom. The molecule has 0 N–H and O–H groups in total. The van der Waals surface area contributed by atoms with E-state index in [0.717, 1.165) is 19.3 Å². The summed E-state index contributed by atoms with van der Waals surface area (Å²) in [4.78, 5) is 25.7.